The summed E-state index contributed by atoms with van der Waals surface area (Å²) in [6.45, 7) is 0. The lowest BCUT2D eigenvalue weighted by Crippen LogP contribution is -2.10. The van der Waals surface area contributed by atoms with Crippen LogP contribution in [0.5, 0.6) is 5.75 Å². The van der Waals surface area contributed by atoms with E-state index in [1.54, 1.807) is 12.4 Å². The molecule has 1 unspecified atom stereocenters. The van der Waals surface area contributed by atoms with E-state index < -0.39 is 0 Å². The number of anilines is 3. The van der Waals surface area contributed by atoms with Crippen molar-refractivity contribution >= 4 is 39.0 Å². The monoisotopic (exact) mass is 445 g/mol. The Labute approximate surface area is 194 Å². The van der Waals surface area contributed by atoms with Gasteiger partial charge in [0.25, 0.3) is 0 Å². The predicted molar refractivity (Wildman–Crippen MR) is 132 cm³/mol. The van der Waals surface area contributed by atoms with Crippen molar-refractivity contribution < 1.29 is 4.74 Å². The van der Waals surface area contributed by atoms with E-state index in [-0.39, 0.29) is 6.23 Å². The molecule has 1 aliphatic heterocycles. The smallest absolute Gasteiger partial charge is 0.211 e. The third kappa shape index (κ3) is 3.20. The zero-order chi connectivity index (χ0) is 22.5. The van der Waals surface area contributed by atoms with Crippen LogP contribution in [0.3, 0.4) is 0 Å². The van der Waals surface area contributed by atoms with Gasteiger partial charge in [-0.15, -0.1) is 0 Å². The summed E-state index contributed by atoms with van der Waals surface area (Å²) in [5, 5.41) is 15.9. The predicted octanol–water partition coefficient (Wildman–Crippen LogP) is 5.75. The summed E-state index contributed by atoms with van der Waals surface area (Å²) in [5.74, 6) is 2.23. The van der Waals surface area contributed by atoms with Crippen molar-refractivity contribution in [3.63, 3.8) is 0 Å². The molecular formula is C26H19N7O. The molecule has 164 valence electrons. The first-order chi connectivity index (χ1) is 16.8. The second-order valence-electron chi connectivity index (χ2n) is 8.23. The van der Waals surface area contributed by atoms with Crippen molar-refractivity contribution in [2.75, 3.05) is 10.6 Å². The number of H-pyrrole nitrogens is 2. The van der Waals surface area contributed by atoms with Crippen LogP contribution in [0.15, 0.2) is 85.2 Å². The molecule has 4 heterocycles. The number of fused-ring (bicyclic) bond motifs is 3. The molecular weight excluding hydrogens is 426 g/mol. The molecule has 0 spiro atoms. The Morgan fingerprint density at radius 3 is 2.82 bits per heavy atom. The topological polar surface area (TPSA) is 104 Å². The molecule has 1 aliphatic rings. The molecule has 8 heteroatoms. The number of aromatic nitrogens is 5. The molecule has 0 bridgehead atoms. The highest BCUT2D eigenvalue weighted by Gasteiger charge is 2.24. The third-order valence-electron chi connectivity index (χ3n) is 5.97. The van der Waals surface area contributed by atoms with Gasteiger partial charge in [0.15, 0.2) is 5.82 Å². The van der Waals surface area contributed by atoms with E-state index in [2.05, 4.69) is 49.0 Å². The minimum absolute atomic E-state index is 0.246. The fourth-order valence-electron chi connectivity index (χ4n) is 4.29. The van der Waals surface area contributed by atoms with Gasteiger partial charge < -0.3 is 20.4 Å². The number of ether oxygens (including phenoxy) is 1. The average molecular weight is 445 g/mol. The zero-order valence-electron chi connectivity index (χ0n) is 17.9. The second-order valence-corrected chi connectivity index (χ2v) is 8.23. The fraction of sp³-hybridized carbons (Fsp3) is 0.0385. The molecule has 1 atom stereocenters. The van der Waals surface area contributed by atoms with Crippen LogP contribution >= 0.6 is 0 Å². The number of hydrogen-bond acceptors (Lipinski definition) is 6. The maximum atomic E-state index is 6.05. The fourth-order valence-corrected chi connectivity index (χ4v) is 4.29. The molecule has 0 saturated heterocycles. The van der Waals surface area contributed by atoms with Crippen LogP contribution in [0.4, 0.5) is 17.2 Å². The van der Waals surface area contributed by atoms with Crippen LogP contribution in [-0.4, -0.2) is 25.1 Å². The zero-order valence-corrected chi connectivity index (χ0v) is 17.9. The van der Waals surface area contributed by atoms with Gasteiger partial charge in [0, 0.05) is 28.4 Å². The van der Waals surface area contributed by atoms with Crippen molar-refractivity contribution in [2.45, 2.75) is 6.23 Å². The van der Waals surface area contributed by atoms with E-state index in [1.807, 2.05) is 54.6 Å². The Kier molecular flexibility index (Phi) is 4.04. The lowest BCUT2D eigenvalue weighted by molar-refractivity contribution is 0.255. The highest BCUT2D eigenvalue weighted by molar-refractivity contribution is 5.85. The van der Waals surface area contributed by atoms with E-state index in [1.165, 1.54) is 0 Å². The molecule has 6 aromatic rings. The number of para-hydroxylation sites is 2. The molecule has 4 N–H and O–H groups in total. The van der Waals surface area contributed by atoms with Gasteiger partial charge in [0.1, 0.15) is 11.6 Å². The number of nitrogens with zero attached hydrogens (tertiary/aromatic N) is 3. The van der Waals surface area contributed by atoms with Crippen LogP contribution < -0.4 is 15.4 Å². The van der Waals surface area contributed by atoms with Crippen LogP contribution in [0.1, 0.15) is 11.9 Å². The summed E-state index contributed by atoms with van der Waals surface area (Å²) in [6, 6.07) is 24.1. The highest BCUT2D eigenvalue weighted by Crippen LogP contribution is 2.38. The Morgan fingerprint density at radius 1 is 0.882 bits per heavy atom. The number of nitrogens with one attached hydrogen (secondary N) is 4. The van der Waals surface area contributed by atoms with Gasteiger partial charge in [0.2, 0.25) is 6.23 Å². The maximum Gasteiger partial charge on any atom is 0.211 e. The molecule has 3 aromatic carbocycles. The summed E-state index contributed by atoms with van der Waals surface area (Å²) in [4.78, 5) is 12.7. The van der Waals surface area contributed by atoms with Crippen molar-refractivity contribution in [3.05, 3.63) is 90.9 Å². The van der Waals surface area contributed by atoms with Gasteiger partial charge in [-0.3, -0.25) is 5.10 Å². The standard InChI is InChI=1S/C26H19N7O/c1-2-4-23-20(3-1)31-26(34-23)22-12-15-5-6-16(13-21(15)30-22)25-27-10-9-24(32-25)29-18-7-8-19-17(11-18)14-28-33-19/h1-14,26,30-31H,(H,28,33)(H,27,29,32). The first-order valence-electron chi connectivity index (χ1n) is 11.0. The number of aromatic amines is 2. The number of benzene rings is 3. The quantitative estimate of drug-likeness (QED) is 0.276. The van der Waals surface area contributed by atoms with Gasteiger partial charge in [0.05, 0.1) is 23.1 Å². The van der Waals surface area contributed by atoms with Gasteiger partial charge in [-0.1, -0.05) is 24.3 Å². The first kappa shape index (κ1) is 18.7. The summed E-state index contributed by atoms with van der Waals surface area (Å²) in [7, 11) is 0. The van der Waals surface area contributed by atoms with Crippen LogP contribution in [-0.2, 0) is 0 Å². The number of rotatable bonds is 4. The lowest BCUT2D eigenvalue weighted by atomic mass is 10.1. The molecule has 0 radical (unpaired) electrons. The normalized spacial score (nSPS) is 14.6. The first-order valence-corrected chi connectivity index (χ1v) is 11.0. The van der Waals surface area contributed by atoms with Crippen LogP contribution in [0.2, 0.25) is 0 Å². The average Bonchev–Trinajstić information content (AvgIpc) is 3.60. The van der Waals surface area contributed by atoms with Crippen molar-refractivity contribution in [2.24, 2.45) is 0 Å². The second kappa shape index (κ2) is 7.35. The van der Waals surface area contributed by atoms with E-state index in [9.17, 15) is 0 Å². The molecule has 0 fully saturated rings. The van der Waals surface area contributed by atoms with Gasteiger partial charge in [-0.05, 0) is 53.9 Å². The van der Waals surface area contributed by atoms with E-state index in [0.717, 1.165) is 56.0 Å². The Balaban J connectivity index is 1.16. The summed E-state index contributed by atoms with van der Waals surface area (Å²) in [6.07, 6.45) is 3.32. The summed E-state index contributed by atoms with van der Waals surface area (Å²) in [5.41, 5.74) is 5.83. The summed E-state index contributed by atoms with van der Waals surface area (Å²) >= 11 is 0. The minimum atomic E-state index is -0.246. The third-order valence-corrected chi connectivity index (χ3v) is 5.97. The van der Waals surface area contributed by atoms with Gasteiger partial charge in [-0.25, -0.2) is 9.97 Å². The Bertz CT molecular complexity index is 1640. The molecule has 0 saturated carbocycles. The van der Waals surface area contributed by atoms with Crippen LogP contribution in [0.25, 0.3) is 33.2 Å². The van der Waals surface area contributed by atoms with Crippen molar-refractivity contribution in [1.82, 2.24) is 25.1 Å². The summed E-state index contributed by atoms with van der Waals surface area (Å²) < 4.78 is 6.05. The van der Waals surface area contributed by atoms with Crippen molar-refractivity contribution in [3.8, 4) is 17.1 Å². The molecule has 34 heavy (non-hydrogen) atoms. The maximum absolute atomic E-state index is 6.05. The SMILES string of the molecule is c1ccc2c(c1)NC(c1cc3ccc(-c4nccc(Nc5ccc6[nH]ncc6c5)n4)cc3[nH]1)O2. The van der Waals surface area contributed by atoms with E-state index in [0.29, 0.717) is 5.82 Å². The van der Waals surface area contributed by atoms with Gasteiger partial charge in [-0.2, -0.15) is 5.10 Å². The van der Waals surface area contributed by atoms with E-state index in [4.69, 9.17) is 9.72 Å². The van der Waals surface area contributed by atoms with Crippen LogP contribution in [0, 0.1) is 0 Å². The highest BCUT2D eigenvalue weighted by atomic mass is 16.5. The molecule has 7 rings (SSSR count). The molecule has 3 aromatic heterocycles. The van der Waals surface area contributed by atoms with Gasteiger partial charge >= 0.3 is 0 Å². The Hall–Kier alpha value is -4.85. The molecule has 8 nitrogen and oxygen atoms in total. The lowest BCUT2D eigenvalue weighted by Gasteiger charge is -2.08. The molecule has 0 amide bonds. The largest absolute Gasteiger partial charge is 0.463 e. The van der Waals surface area contributed by atoms with E-state index >= 15 is 0 Å². The molecule has 0 aliphatic carbocycles. The Morgan fingerprint density at radius 2 is 1.85 bits per heavy atom. The number of hydrogen-bond donors (Lipinski definition) is 4. The van der Waals surface area contributed by atoms with Crippen molar-refractivity contribution in [1.29, 1.82) is 0 Å². The minimum Gasteiger partial charge on any atom is -0.463 e.